The number of hydrogen-bond acceptors (Lipinski definition) is 5. The molecule has 7 nitrogen and oxygen atoms in total. The molecule has 36 heavy (non-hydrogen) atoms. The fraction of sp³-hybridized carbons (Fsp3) is 0.346. The van der Waals surface area contributed by atoms with Gasteiger partial charge >= 0.3 is 6.18 Å². The van der Waals surface area contributed by atoms with E-state index in [0.29, 0.717) is 11.3 Å². The zero-order chi connectivity index (χ0) is 25.9. The van der Waals surface area contributed by atoms with E-state index in [1.807, 2.05) is 0 Å². The summed E-state index contributed by atoms with van der Waals surface area (Å²) in [5, 5.41) is 13.1. The summed E-state index contributed by atoms with van der Waals surface area (Å²) >= 11 is 0. The quantitative estimate of drug-likeness (QED) is 0.402. The first-order valence-corrected chi connectivity index (χ1v) is 11.5. The number of ketones is 1. The average Bonchev–Trinajstić information content (AvgIpc) is 3.24. The summed E-state index contributed by atoms with van der Waals surface area (Å²) in [5.41, 5.74) is -0.0185. The number of nitrogens with zero attached hydrogens (tertiary/aromatic N) is 2. The van der Waals surface area contributed by atoms with E-state index in [0.717, 1.165) is 30.9 Å². The van der Waals surface area contributed by atoms with E-state index in [9.17, 15) is 27.9 Å². The second-order valence-corrected chi connectivity index (χ2v) is 8.97. The minimum atomic E-state index is -4.90. The lowest BCUT2D eigenvalue weighted by atomic mass is 9.80. The van der Waals surface area contributed by atoms with Gasteiger partial charge in [-0.2, -0.15) is 13.2 Å². The number of rotatable bonds is 9. The van der Waals surface area contributed by atoms with Crippen LogP contribution in [0.3, 0.4) is 0 Å². The first-order chi connectivity index (χ1) is 17.1. The lowest BCUT2D eigenvalue weighted by Gasteiger charge is -2.25. The van der Waals surface area contributed by atoms with Gasteiger partial charge in [-0.25, -0.2) is 4.98 Å². The topological polar surface area (TPSA) is 93.5 Å². The number of alkyl halides is 3. The molecule has 0 unspecified atom stereocenters. The molecule has 1 fully saturated rings. The minimum Gasteiger partial charge on any atom is -0.506 e. The first kappa shape index (κ1) is 25.3. The van der Waals surface area contributed by atoms with Gasteiger partial charge in [-0.15, -0.1) is 0 Å². The number of Topliss-reactive ketones (excluding diaryl/α,β-unsaturated/α-hetero) is 1. The molecule has 0 spiro atoms. The highest BCUT2D eigenvalue weighted by molar-refractivity contribution is 5.99. The fourth-order valence-electron chi connectivity index (χ4n) is 3.98. The van der Waals surface area contributed by atoms with Crippen LogP contribution in [0.4, 0.5) is 13.2 Å². The zero-order valence-electron chi connectivity index (χ0n) is 19.6. The monoisotopic (exact) mass is 501 g/mol. The van der Waals surface area contributed by atoms with Gasteiger partial charge in [0.15, 0.2) is 5.78 Å². The Hall–Kier alpha value is -3.82. The molecular formula is C26H26F3N3O4. The summed E-state index contributed by atoms with van der Waals surface area (Å²) in [6.45, 7) is 0.0669. The fourth-order valence-corrected chi connectivity index (χ4v) is 3.98. The maximum Gasteiger partial charge on any atom is 0.423 e. The number of carbonyl (C=O) groups excluding carboxylic acids is 2. The van der Waals surface area contributed by atoms with Crippen LogP contribution in [0.5, 0.6) is 11.5 Å². The second kappa shape index (κ2) is 10.4. The van der Waals surface area contributed by atoms with Crippen LogP contribution in [0.1, 0.15) is 63.2 Å². The Bertz CT molecular complexity index is 1250. The number of imidazole rings is 1. The summed E-state index contributed by atoms with van der Waals surface area (Å²) in [7, 11) is 1.76. The molecule has 2 aromatic carbocycles. The number of benzene rings is 2. The number of nitrogens with one attached hydrogen (secondary N) is 1. The van der Waals surface area contributed by atoms with Crippen molar-refractivity contribution in [3.63, 3.8) is 0 Å². The number of phenolic OH excluding ortho intramolecular Hbond substituents is 1. The van der Waals surface area contributed by atoms with Crippen molar-refractivity contribution >= 4 is 11.7 Å². The van der Waals surface area contributed by atoms with Crippen LogP contribution in [0.25, 0.3) is 0 Å². The number of phenols is 1. The third-order valence-electron chi connectivity index (χ3n) is 6.23. The summed E-state index contributed by atoms with van der Waals surface area (Å²) < 4.78 is 48.3. The molecular weight excluding hydrogens is 475 g/mol. The average molecular weight is 502 g/mol. The Morgan fingerprint density at radius 2 is 1.83 bits per heavy atom. The molecule has 0 atom stereocenters. The minimum absolute atomic E-state index is 0.125. The molecule has 1 aliphatic carbocycles. The van der Waals surface area contributed by atoms with E-state index in [1.54, 1.807) is 42.1 Å². The van der Waals surface area contributed by atoms with Crippen LogP contribution >= 0.6 is 0 Å². The standard InChI is InChI=1S/C26H26F3N3O4/c1-32-13-20(31-15-32)25(35)30-12-17-5-7-18(8-6-17)14-36-22-10-9-19(21(33)11-16-3-2-4-16)24(34)23(22)26(27,28)29/h5-10,13,15-16,34H,2-4,11-12,14H2,1H3,(H,30,35). The van der Waals surface area contributed by atoms with Gasteiger partial charge in [-0.05, 0) is 29.2 Å². The lowest BCUT2D eigenvalue weighted by Crippen LogP contribution is -2.23. The second-order valence-electron chi connectivity index (χ2n) is 8.97. The van der Waals surface area contributed by atoms with Crippen molar-refractivity contribution in [1.82, 2.24) is 14.9 Å². The van der Waals surface area contributed by atoms with Gasteiger partial charge in [0.1, 0.15) is 29.4 Å². The van der Waals surface area contributed by atoms with E-state index in [-0.39, 0.29) is 37.0 Å². The molecule has 4 rings (SSSR count). The molecule has 1 amide bonds. The third-order valence-corrected chi connectivity index (χ3v) is 6.23. The number of aryl methyl sites for hydroxylation is 1. The Kier molecular flexibility index (Phi) is 7.32. The van der Waals surface area contributed by atoms with Crippen LogP contribution in [-0.2, 0) is 26.4 Å². The predicted molar refractivity (Wildman–Crippen MR) is 125 cm³/mol. The van der Waals surface area contributed by atoms with E-state index in [4.69, 9.17) is 4.74 Å². The zero-order valence-corrected chi connectivity index (χ0v) is 19.6. The van der Waals surface area contributed by atoms with Crippen molar-refractivity contribution in [1.29, 1.82) is 0 Å². The van der Waals surface area contributed by atoms with E-state index in [2.05, 4.69) is 10.3 Å². The number of carbonyl (C=O) groups is 2. The Morgan fingerprint density at radius 3 is 2.42 bits per heavy atom. The Balaban J connectivity index is 1.40. The van der Waals surface area contributed by atoms with Gasteiger partial charge in [0.25, 0.3) is 5.91 Å². The highest BCUT2D eigenvalue weighted by atomic mass is 19.4. The highest BCUT2D eigenvalue weighted by Crippen LogP contribution is 2.44. The smallest absolute Gasteiger partial charge is 0.423 e. The predicted octanol–water partition coefficient (Wildman–Crippen LogP) is 5.03. The molecule has 1 aromatic heterocycles. The largest absolute Gasteiger partial charge is 0.506 e. The lowest BCUT2D eigenvalue weighted by molar-refractivity contribution is -0.140. The molecule has 3 aromatic rings. The molecule has 0 saturated heterocycles. The first-order valence-electron chi connectivity index (χ1n) is 11.5. The number of aromatic nitrogens is 2. The number of ether oxygens (including phenoxy) is 1. The molecule has 10 heteroatoms. The molecule has 0 aliphatic heterocycles. The van der Waals surface area contributed by atoms with Gasteiger partial charge in [-0.3, -0.25) is 9.59 Å². The molecule has 1 heterocycles. The molecule has 2 N–H and O–H groups in total. The van der Waals surface area contributed by atoms with Crippen molar-refractivity contribution in [2.75, 3.05) is 0 Å². The van der Waals surface area contributed by atoms with Crippen molar-refractivity contribution in [2.24, 2.45) is 13.0 Å². The normalized spacial score (nSPS) is 13.8. The molecule has 190 valence electrons. The van der Waals surface area contributed by atoms with E-state index in [1.165, 1.54) is 12.4 Å². The Morgan fingerprint density at radius 1 is 1.14 bits per heavy atom. The number of aromatic hydroxyl groups is 1. The Labute approximate surface area is 205 Å². The van der Waals surface area contributed by atoms with Crippen molar-refractivity contribution in [3.8, 4) is 11.5 Å². The summed E-state index contributed by atoms with van der Waals surface area (Å²) in [5.74, 6) is -2.30. The molecule has 1 saturated carbocycles. The van der Waals surface area contributed by atoms with Crippen LogP contribution < -0.4 is 10.1 Å². The van der Waals surface area contributed by atoms with Gasteiger partial charge < -0.3 is 19.7 Å². The van der Waals surface area contributed by atoms with Crippen molar-refractivity contribution in [3.05, 3.63) is 76.9 Å². The maximum atomic E-state index is 13.8. The maximum absolute atomic E-state index is 13.8. The summed E-state index contributed by atoms with van der Waals surface area (Å²) in [6.07, 6.45) is 1.09. The van der Waals surface area contributed by atoms with Gasteiger partial charge in [0, 0.05) is 26.2 Å². The van der Waals surface area contributed by atoms with Crippen LogP contribution in [0.15, 0.2) is 48.9 Å². The number of hydrogen-bond donors (Lipinski definition) is 2. The summed E-state index contributed by atoms with van der Waals surface area (Å²) in [6, 6.07) is 9.06. The van der Waals surface area contributed by atoms with E-state index < -0.39 is 29.0 Å². The number of amides is 1. The molecule has 0 bridgehead atoms. The summed E-state index contributed by atoms with van der Waals surface area (Å²) in [4.78, 5) is 28.5. The van der Waals surface area contributed by atoms with Gasteiger partial charge in [0.2, 0.25) is 0 Å². The van der Waals surface area contributed by atoms with Crippen LogP contribution in [-0.4, -0.2) is 26.3 Å². The van der Waals surface area contributed by atoms with Crippen molar-refractivity contribution in [2.45, 2.75) is 45.0 Å². The van der Waals surface area contributed by atoms with E-state index >= 15 is 0 Å². The molecule has 0 radical (unpaired) electrons. The number of halogens is 3. The highest BCUT2D eigenvalue weighted by Gasteiger charge is 2.40. The van der Waals surface area contributed by atoms with Crippen LogP contribution in [0.2, 0.25) is 0 Å². The van der Waals surface area contributed by atoms with Gasteiger partial charge in [-0.1, -0.05) is 43.5 Å². The molecule has 1 aliphatic rings. The van der Waals surface area contributed by atoms with Gasteiger partial charge in [0.05, 0.1) is 11.9 Å². The van der Waals surface area contributed by atoms with Crippen molar-refractivity contribution < 1.29 is 32.6 Å². The third kappa shape index (κ3) is 5.87. The SMILES string of the molecule is Cn1cnc(C(=O)NCc2ccc(COc3ccc(C(=O)CC4CCC4)c(O)c3C(F)(F)F)cc2)c1. The van der Waals surface area contributed by atoms with Crippen LogP contribution in [0, 0.1) is 5.92 Å².